The maximum Gasteiger partial charge on any atom is 0.410 e. The molecule has 1 aliphatic rings. The van der Waals surface area contributed by atoms with Crippen molar-refractivity contribution in [2.24, 2.45) is 0 Å². The van der Waals surface area contributed by atoms with E-state index >= 15 is 0 Å². The molecule has 6 rings (SSSR count). The number of carbonyl (C=O) groups is 1. The number of aromatic nitrogens is 6. The molecule has 0 N–H and O–H groups in total. The van der Waals surface area contributed by atoms with Crippen molar-refractivity contribution in [1.29, 1.82) is 0 Å². The van der Waals surface area contributed by atoms with E-state index in [0.29, 0.717) is 53.1 Å². The first-order valence-corrected chi connectivity index (χ1v) is 19.5. The molecule has 1 fully saturated rings. The summed E-state index contributed by atoms with van der Waals surface area (Å²) < 4.78 is 21.7. The van der Waals surface area contributed by atoms with Gasteiger partial charge in [-0.05, 0) is 58.0 Å². The molecule has 0 bridgehead atoms. The molecular formula is C33H40ClN7O4Si. The molecule has 0 unspecified atom stereocenters. The van der Waals surface area contributed by atoms with Crippen molar-refractivity contribution in [3.05, 3.63) is 59.8 Å². The van der Waals surface area contributed by atoms with Crippen LogP contribution < -0.4 is 4.74 Å². The van der Waals surface area contributed by atoms with Gasteiger partial charge in [0.25, 0.3) is 0 Å². The second kappa shape index (κ2) is 12.3. The Hall–Kier alpha value is -4.00. The number of fused-ring (bicyclic) bond motifs is 2. The van der Waals surface area contributed by atoms with E-state index < -0.39 is 13.7 Å². The standard InChI is InChI=1S/C33H40ClN7O4Si/c1-21-37-25-9-8-24(14-28(25)40(21)20-43-12-13-46(5,6)7)44-29-11-10-26-31(30(29)34)38-27(16-35-26)22-15-36-41(17-22)23-18-39(19-23)32(42)45-33(2,3)4/h8-11,14-17,23H,12-13,18-20H2,1-7H3. The lowest BCUT2D eigenvalue weighted by molar-refractivity contribution is -0.000386. The highest BCUT2D eigenvalue weighted by atomic mass is 35.5. The van der Waals surface area contributed by atoms with E-state index in [1.54, 1.807) is 23.4 Å². The lowest BCUT2D eigenvalue weighted by Crippen LogP contribution is -2.52. The van der Waals surface area contributed by atoms with Crippen molar-refractivity contribution in [3.63, 3.8) is 0 Å². The highest BCUT2D eigenvalue weighted by Crippen LogP contribution is 2.36. The van der Waals surface area contributed by atoms with Crippen LogP contribution in [0.5, 0.6) is 11.5 Å². The first-order valence-electron chi connectivity index (χ1n) is 15.4. The lowest BCUT2D eigenvalue weighted by Gasteiger charge is -2.39. The number of carbonyl (C=O) groups excluding carboxylic acids is 1. The number of amides is 1. The normalized spacial score (nSPS) is 14.2. The predicted octanol–water partition coefficient (Wildman–Crippen LogP) is 7.70. The fourth-order valence-corrected chi connectivity index (χ4v) is 6.12. The number of nitrogens with zero attached hydrogens (tertiary/aromatic N) is 7. The SMILES string of the molecule is Cc1nc2ccc(Oc3ccc4ncc(-c5cnn(C6CN(C(=O)OC(C)(C)C)C6)c5)nc4c3Cl)cc2n1COCC[Si](C)(C)C. The fraction of sp³-hybridized carbons (Fsp3) is 0.424. The molecule has 46 heavy (non-hydrogen) atoms. The Morgan fingerprint density at radius 1 is 1.07 bits per heavy atom. The monoisotopic (exact) mass is 661 g/mol. The summed E-state index contributed by atoms with van der Waals surface area (Å²) in [6.07, 6.45) is 5.05. The summed E-state index contributed by atoms with van der Waals surface area (Å²) in [6, 6.07) is 10.6. The molecule has 3 aromatic heterocycles. The van der Waals surface area contributed by atoms with Crippen molar-refractivity contribution >= 4 is 47.8 Å². The molecule has 0 aliphatic carbocycles. The van der Waals surface area contributed by atoms with Gasteiger partial charge in [0.1, 0.15) is 40.2 Å². The molecule has 2 aromatic carbocycles. The Labute approximate surface area is 274 Å². The molecule has 1 amide bonds. The molecule has 0 spiro atoms. The van der Waals surface area contributed by atoms with Gasteiger partial charge in [-0.25, -0.2) is 14.8 Å². The minimum atomic E-state index is -1.17. The first kappa shape index (κ1) is 32.0. The van der Waals surface area contributed by atoms with Crippen LogP contribution in [0.15, 0.2) is 48.9 Å². The number of rotatable bonds is 9. The van der Waals surface area contributed by atoms with Gasteiger partial charge in [0.05, 0.1) is 40.7 Å². The van der Waals surface area contributed by atoms with E-state index in [0.717, 1.165) is 35.1 Å². The van der Waals surface area contributed by atoms with Gasteiger partial charge >= 0.3 is 6.09 Å². The van der Waals surface area contributed by atoms with E-state index in [1.807, 2.05) is 62.8 Å². The number of hydrogen-bond acceptors (Lipinski definition) is 8. The Bertz CT molecular complexity index is 1900. The minimum absolute atomic E-state index is 0.0624. The number of halogens is 1. The number of hydrogen-bond donors (Lipinski definition) is 0. The number of ether oxygens (including phenoxy) is 3. The van der Waals surface area contributed by atoms with Crippen molar-refractivity contribution in [3.8, 4) is 22.8 Å². The van der Waals surface area contributed by atoms with Crippen LogP contribution in [0.3, 0.4) is 0 Å². The van der Waals surface area contributed by atoms with E-state index in [-0.39, 0.29) is 12.1 Å². The van der Waals surface area contributed by atoms with Gasteiger partial charge in [0.15, 0.2) is 0 Å². The molecule has 11 nitrogen and oxygen atoms in total. The van der Waals surface area contributed by atoms with Crippen LogP contribution in [0.4, 0.5) is 4.79 Å². The second-order valence-corrected chi connectivity index (χ2v) is 19.9. The van der Waals surface area contributed by atoms with Crippen molar-refractivity contribution in [2.75, 3.05) is 19.7 Å². The second-order valence-electron chi connectivity index (χ2n) is 13.9. The largest absolute Gasteiger partial charge is 0.456 e. The zero-order valence-electron chi connectivity index (χ0n) is 27.4. The Morgan fingerprint density at radius 2 is 1.83 bits per heavy atom. The van der Waals surface area contributed by atoms with Gasteiger partial charge in [0.2, 0.25) is 0 Å². The average Bonchev–Trinajstić information content (AvgIpc) is 3.54. The van der Waals surface area contributed by atoms with Crippen LogP contribution in [0.2, 0.25) is 30.7 Å². The first-order chi connectivity index (χ1) is 21.7. The minimum Gasteiger partial charge on any atom is -0.456 e. The van der Waals surface area contributed by atoms with Crippen LogP contribution in [0.25, 0.3) is 33.3 Å². The molecule has 4 heterocycles. The molecule has 1 saturated heterocycles. The zero-order valence-corrected chi connectivity index (χ0v) is 29.1. The van der Waals surface area contributed by atoms with E-state index in [4.69, 9.17) is 35.8 Å². The Balaban J connectivity index is 1.17. The zero-order chi connectivity index (χ0) is 32.8. The van der Waals surface area contributed by atoms with Gasteiger partial charge in [-0.2, -0.15) is 5.10 Å². The van der Waals surface area contributed by atoms with Crippen LogP contribution in [-0.4, -0.2) is 73.7 Å². The summed E-state index contributed by atoms with van der Waals surface area (Å²) in [5.74, 6) is 1.98. The predicted molar refractivity (Wildman–Crippen MR) is 181 cm³/mol. The molecule has 0 saturated carbocycles. The third-order valence-electron chi connectivity index (χ3n) is 7.76. The Kier molecular flexibility index (Phi) is 8.55. The van der Waals surface area contributed by atoms with Crippen molar-refractivity contribution < 1.29 is 19.0 Å². The summed E-state index contributed by atoms with van der Waals surface area (Å²) in [5, 5.41) is 4.89. The van der Waals surface area contributed by atoms with Crippen LogP contribution >= 0.6 is 11.6 Å². The van der Waals surface area contributed by atoms with Crippen molar-refractivity contribution in [2.45, 2.75) is 71.8 Å². The lowest BCUT2D eigenvalue weighted by atomic mass is 10.1. The Morgan fingerprint density at radius 3 is 2.57 bits per heavy atom. The highest BCUT2D eigenvalue weighted by molar-refractivity contribution is 6.76. The average molecular weight is 662 g/mol. The smallest absolute Gasteiger partial charge is 0.410 e. The summed E-state index contributed by atoms with van der Waals surface area (Å²) in [4.78, 5) is 28.1. The highest BCUT2D eigenvalue weighted by Gasteiger charge is 2.35. The van der Waals surface area contributed by atoms with E-state index in [1.165, 1.54) is 0 Å². The van der Waals surface area contributed by atoms with Gasteiger partial charge < -0.3 is 23.7 Å². The van der Waals surface area contributed by atoms with Gasteiger partial charge in [0, 0.05) is 45.6 Å². The molecule has 13 heteroatoms. The summed E-state index contributed by atoms with van der Waals surface area (Å²) in [7, 11) is -1.17. The number of likely N-dealkylation sites (tertiary alicyclic amines) is 1. The quantitative estimate of drug-likeness (QED) is 0.117. The molecular weight excluding hydrogens is 622 g/mol. The van der Waals surface area contributed by atoms with Crippen LogP contribution in [0.1, 0.15) is 32.6 Å². The molecule has 0 atom stereocenters. The van der Waals surface area contributed by atoms with Gasteiger partial charge in [-0.15, -0.1) is 0 Å². The van der Waals surface area contributed by atoms with Crippen LogP contribution in [-0.2, 0) is 16.2 Å². The number of aryl methyl sites for hydroxylation is 1. The fourth-order valence-electron chi connectivity index (χ4n) is 5.12. The summed E-state index contributed by atoms with van der Waals surface area (Å²) >= 11 is 6.87. The third kappa shape index (κ3) is 7.03. The summed E-state index contributed by atoms with van der Waals surface area (Å²) in [6.45, 7) is 16.8. The molecule has 1 aliphatic heterocycles. The number of imidazole rings is 1. The van der Waals surface area contributed by atoms with Crippen molar-refractivity contribution in [1.82, 2.24) is 34.2 Å². The molecule has 0 radical (unpaired) electrons. The molecule has 5 aromatic rings. The number of benzene rings is 2. The van der Waals surface area contributed by atoms with E-state index in [9.17, 15) is 4.79 Å². The summed E-state index contributed by atoms with van der Waals surface area (Å²) in [5.41, 5.74) is 3.89. The topological polar surface area (TPSA) is 109 Å². The third-order valence-corrected chi connectivity index (χ3v) is 9.83. The van der Waals surface area contributed by atoms with E-state index in [2.05, 4.69) is 34.3 Å². The van der Waals surface area contributed by atoms with Gasteiger partial charge in [-0.3, -0.25) is 9.67 Å². The van der Waals surface area contributed by atoms with Crippen LogP contribution in [0, 0.1) is 6.92 Å². The maximum atomic E-state index is 12.3. The van der Waals surface area contributed by atoms with Gasteiger partial charge in [-0.1, -0.05) is 31.2 Å². The maximum absolute atomic E-state index is 12.3. The molecule has 242 valence electrons.